The molecule has 0 aromatic carbocycles. The highest BCUT2D eigenvalue weighted by Crippen LogP contribution is 1.99. The fourth-order valence-electron chi connectivity index (χ4n) is 0.432. The van der Waals surface area contributed by atoms with E-state index in [1.165, 1.54) is 6.92 Å². The summed E-state index contributed by atoms with van der Waals surface area (Å²) in [5, 5.41) is 16.7. The van der Waals surface area contributed by atoms with Gasteiger partial charge in [-0.05, 0) is 6.92 Å². The number of rotatable bonds is 3. The van der Waals surface area contributed by atoms with Gasteiger partial charge in [0.25, 0.3) is 0 Å². The van der Waals surface area contributed by atoms with Crippen molar-refractivity contribution in [2.24, 2.45) is 0 Å². The first-order chi connectivity index (χ1) is 4.63. The highest BCUT2D eigenvalue weighted by atomic mass is 16.4. The first-order valence-electron chi connectivity index (χ1n) is 2.62. The number of aliphatic carboxylic acids is 1. The minimum absolute atomic E-state index is 0.0509. The third kappa shape index (κ3) is 1.99. The van der Waals surface area contributed by atoms with Crippen LogP contribution in [0.25, 0.3) is 0 Å². The van der Waals surface area contributed by atoms with Crippen molar-refractivity contribution in [3.63, 3.8) is 0 Å². The lowest BCUT2D eigenvalue weighted by Gasteiger charge is -1.96. The van der Waals surface area contributed by atoms with Gasteiger partial charge in [0, 0.05) is 5.57 Å². The Morgan fingerprint density at radius 1 is 1.60 bits per heavy atom. The second-order valence-electron chi connectivity index (χ2n) is 1.74. The van der Waals surface area contributed by atoms with E-state index in [2.05, 4.69) is 0 Å². The molecule has 0 aromatic rings. The maximum Gasteiger partial charge on any atom is 0.334 e. The zero-order chi connectivity index (χ0) is 8.15. The van der Waals surface area contributed by atoms with Crippen molar-refractivity contribution in [2.75, 3.05) is 6.61 Å². The Morgan fingerprint density at radius 2 is 2.10 bits per heavy atom. The second-order valence-corrected chi connectivity index (χ2v) is 1.74. The highest BCUT2D eigenvalue weighted by molar-refractivity contribution is 5.94. The topological polar surface area (TPSA) is 74.6 Å². The molecule has 0 aliphatic rings. The molecule has 0 fully saturated rings. The van der Waals surface area contributed by atoms with Gasteiger partial charge < -0.3 is 10.2 Å². The zero-order valence-corrected chi connectivity index (χ0v) is 5.50. The molecule has 0 unspecified atom stereocenters. The van der Waals surface area contributed by atoms with Crippen LogP contribution >= 0.6 is 0 Å². The van der Waals surface area contributed by atoms with Gasteiger partial charge in [-0.25, -0.2) is 4.79 Å². The highest BCUT2D eigenvalue weighted by Gasteiger charge is 2.08. The van der Waals surface area contributed by atoms with Crippen LogP contribution in [0.2, 0.25) is 0 Å². The number of hydrogen-bond acceptors (Lipinski definition) is 3. The van der Waals surface area contributed by atoms with E-state index in [0.29, 0.717) is 6.29 Å². The number of carboxylic acid groups (broad SMARTS) is 1. The van der Waals surface area contributed by atoms with E-state index in [4.69, 9.17) is 10.2 Å². The maximum absolute atomic E-state index is 10.2. The summed E-state index contributed by atoms with van der Waals surface area (Å²) in [5.41, 5.74) is -0.204. The molecule has 0 heterocycles. The standard InChI is InChI=1S/C6H8O4/c1-4(2-7)5(3-8)6(9)10/h2,8H,3H2,1H3,(H,9,10)/b5-4-. The molecule has 0 aromatic heterocycles. The van der Waals surface area contributed by atoms with E-state index in [1.54, 1.807) is 0 Å². The van der Waals surface area contributed by atoms with Crippen molar-refractivity contribution in [1.82, 2.24) is 0 Å². The van der Waals surface area contributed by atoms with E-state index in [1.807, 2.05) is 0 Å². The Hall–Kier alpha value is -1.16. The van der Waals surface area contributed by atoms with Gasteiger partial charge in [-0.15, -0.1) is 0 Å². The molecule has 0 aliphatic heterocycles. The molecule has 10 heavy (non-hydrogen) atoms. The summed E-state index contributed by atoms with van der Waals surface area (Å²) in [6, 6.07) is 0. The normalized spacial score (nSPS) is 12.2. The van der Waals surface area contributed by atoms with Crippen LogP contribution < -0.4 is 0 Å². The monoisotopic (exact) mass is 144 g/mol. The van der Waals surface area contributed by atoms with Gasteiger partial charge in [-0.3, -0.25) is 4.79 Å². The van der Waals surface area contributed by atoms with E-state index in [0.717, 1.165) is 0 Å². The predicted molar refractivity (Wildman–Crippen MR) is 33.5 cm³/mol. The number of carboxylic acids is 1. The van der Waals surface area contributed by atoms with Crippen LogP contribution in [0.15, 0.2) is 11.1 Å². The van der Waals surface area contributed by atoms with Crippen LogP contribution in [0.4, 0.5) is 0 Å². The number of aliphatic hydroxyl groups excluding tert-OH is 1. The van der Waals surface area contributed by atoms with Crippen molar-refractivity contribution in [2.45, 2.75) is 6.92 Å². The molecule has 0 saturated heterocycles. The summed E-state index contributed by atoms with van der Waals surface area (Å²) >= 11 is 0. The third-order valence-electron chi connectivity index (χ3n) is 1.07. The van der Waals surface area contributed by atoms with Crippen LogP contribution in [-0.4, -0.2) is 29.1 Å². The SMILES string of the molecule is C/C(C=O)=C(\CO)C(=O)O. The Morgan fingerprint density at radius 3 is 2.20 bits per heavy atom. The zero-order valence-electron chi connectivity index (χ0n) is 5.50. The molecule has 0 amide bonds. The average Bonchev–Trinajstić information content (AvgIpc) is 1.88. The van der Waals surface area contributed by atoms with Crippen molar-refractivity contribution in [3.8, 4) is 0 Å². The van der Waals surface area contributed by atoms with Crippen LogP contribution in [0.5, 0.6) is 0 Å². The first-order valence-corrected chi connectivity index (χ1v) is 2.62. The van der Waals surface area contributed by atoms with Gasteiger partial charge in [0.1, 0.15) is 6.29 Å². The van der Waals surface area contributed by atoms with E-state index >= 15 is 0 Å². The van der Waals surface area contributed by atoms with Gasteiger partial charge in [0.05, 0.1) is 12.2 Å². The molecule has 0 spiro atoms. The average molecular weight is 144 g/mol. The summed E-state index contributed by atoms with van der Waals surface area (Å²) in [7, 11) is 0. The fraction of sp³-hybridized carbons (Fsp3) is 0.333. The molecule has 0 bridgehead atoms. The molecule has 0 saturated carbocycles. The lowest BCUT2D eigenvalue weighted by atomic mass is 10.1. The maximum atomic E-state index is 10.2. The molecular formula is C6H8O4. The van der Waals surface area contributed by atoms with Gasteiger partial charge in [0.15, 0.2) is 0 Å². The van der Waals surface area contributed by atoms with Crippen molar-refractivity contribution in [3.05, 3.63) is 11.1 Å². The molecule has 0 aliphatic carbocycles. The molecule has 4 heteroatoms. The van der Waals surface area contributed by atoms with Crippen molar-refractivity contribution < 1.29 is 19.8 Å². The van der Waals surface area contributed by atoms with Crippen molar-refractivity contribution >= 4 is 12.3 Å². The Labute approximate surface area is 57.8 Å². The minimum Gasteiger partial charge on any atom is -0.478 e. The lowest BCUT2D eigenvalue weighted by Crippen LogP contribution is -2.07. The first kappa shape index (κ1) is 8.84. The molecule has 56 valence electrons. The minimum atomic E-state index is -1.26. The van der Waals surface area contributed by atoms with E-state index in [9.17, 15) is 9.59 Å². The van der Waals surface area contributed by atoms with Crippen LogP contribution in [0, 0.1) is 0 Å². The van der Waals surface area contributed by atoms with Crippen LogP contribution in [-0.2, 0) is 9.59 Å². The number of carbonyl (C=O) groups is 2. The Bertz CT molecular complexity index is 180. The van der Waals surface area contributed by atoms with Crippen LogP contribution in [0.3, 0.4) is 0 Å². The fourth-order valence-corrected chi connectivity index (χ4v) is 0.432. The Balaban J connectivity index is 4.62. The number of aldehydes is 1. The Kier molecular flexibility index (Phi) is 3.35. The number of aliphatic hydroxyl groups is 1. The summed E-state index contributed by atoms with van der Waals surface area (Å²) < 4.78 is 0. The van der Waals surface area contributed by atoms with Gasteiger partial charge in [-0.2, -0.15) is 0 Å². The van der Waals surface area contributed by atoms with Gasteiger partial charge in [-0.1, -0.05) is 0 Å². The van der Waals surface area contributed by atoms with E-state index < -0.39 is 12.6 Å². The van der Waals surface area contributed by atoms with Crippen molar-refractivity contribution in [1.29, 1.82) is 0 Å². The molecule has 0 radical (unpaired) electrons. The molecule has 0 rings (SSSR count). The second kappa shape index (κ2) is 3.79. The summed E-state index contributed by atoms with van der Waals surface area (Å²) in [6.07, 6.45) is 0.402. The smallest absolute Gasteiger partial charge is 0.334 e. The molecule has 0 atom stereocenters. The van der Waals surface area contributed by atoms with Gasteiger partial charge >= 0.3 is 5.97 Å². The molecular weight excluding hydrogens is 136 g/mol. The number of hydrogen-bond donors (Lipinski definition) is 2. The third-order valence-corrected chi connectivity index (χ3v) is 1.07. The van der Waals surface area contributed by atoms with E-state index in [-0.39, 0.29) is 11.1 Å². The molecule has 4 nitrogen and oxygen atoms in total. The quantitative estimate of drug-likeness (QED) is 0.416. The molecule has 2 N–H and O–H groups in total. The summed E-state index contributed by atoms with van der Waals surface area (Å²) in [5.74, 6) is -1.26. The summed E-state index contributed by atoms with van der Waals surface area (Å²) in [4.78, 5) is 20.1. The largest absolute Gasteiger partial charge is 0.478 e. The summed E-state index contributed by atoms with van der Waals surface area (Å²) in [6.45, 7) is 0.729. The number of allylic oxidation sites excluding steroid dienone is 1. The lowest BCUT2D eigenvalue weighted by molar-refractivity contribution is -0.133. The van der Waals surface area contributed by atoms with Crippen LogP contribution in [0.1, 0.15) is 6.92 Å². The van der Waals surface area contributed by atoms with Gasteiger partial charge in [0.2, 0.25) is 0 Å². The predicted octanol–water partition coefficient (Wildman–Crippen LogP) is -0.421. The number of carbonyl (C=O) groups excluding carboxylic acids is 1.